The van der Waals surface area contributed by atoms with E-state index in [1.165, 1.54) is 28.3 Å². The van der Waals surface area contributed by atoms with Crippen molar-refractivity contribution in [3.8, 4) is 0 Å². The molecule has 4 aromatic rings. The number of aromatic nitrogens is 3. The number of thioether (sulfide) groups is 1. The second kappa shape index (κ2) is 7.52. The minimum absolute atomic E-state index is 0.0492. The summed E-state index contributed by atoms with van der Waals surface area (Å²) in [5.41, 5.74) is 7.30. The van der Waals surface area contributed by atoms with Crippen LogP contribution in [0.15, 0.2) is 47.6 Å². The van der Waals surface area contributed by atoms with Crippen molar-refractivity contribution in [2.24, 2.45) is 0 Å². The van der Waals surface area contributed by atoms with Crippen LogP contribution in [-0.2, 0) is 4.79 Å². The molecule has 2 aromatic carbocycles. The molecule has 1 N–H and O–H groups in total. The second-order valence-corrected chi connectivity index (χ2v) is 8.85. The van der Waals surface area contributed by atoms with Gasteiger partial charge in [0.05, 0.1) is 10.8 Å². The number of para-hydroxylation sites is 1. The molecule has 0 saturated heterocycles. The van der Waals surface area contributed by atoms with Gasteiger partial charge in [-0.2, -0.15) is 0 Å². The summed E-state index contributed by atoms with van der Waals surface area (Å²) in [7, 11) is 0. The number of amides is 1. The van der Waals surface area contributed by atoms with Crippen molar-refractivity contribution in [3.63, 3.8) is 0 Å². The first-order valence-electron chi connectivity index (χ1n) is 9.64. The number of pyridine rings is 1. The molecule has 0 aliphatic heterocycles. The van der Waals surface area contributed by atoms with E-state index in [0.717, 1.165) is 33.1 Å². The molecule has 5 nitrogen and oxygen atoms in total. The van der Waals surface area contributed by atoms with Crippen LogP contribution in [0.5, 0.6) is 0 Å². The highest BCUT2D eigenvalue weighted by Crippen LogP contribution is 2.30. The first-order valence-corrected chi connectivity index (χ1v) is 10.5. The number of rotatable bonds is 4. The highest BCUT2D eigenvalue weighted by molar-refractivity contribution is 8.00. The van der Waals surface area contributed by atoms with Crippen molar-refractivity contribution in [2.75, 3.05) is 5.32 Å². The summed E-state index contributed by atoms with van der Waals surface area (Å²) in [4.78, 5) is 12.8. The zero-order valence-corrected chi connectivity index (χ0v) is 18.1. The summed E-state index contributed by atoms with van der Waals surface area (Å²) >= 11 is 1.42. The van der Waals surface area contributed by atoms with E-state index in [0.29, 0.717) is 0 Å². The van der Waals surface area contributed by atoms with E-state index in [9.17, 15) is 4.79 Å². The molecule has 4 rings (SSSR count). The lowest BCUT2D eigenvalue weighted by Crippen LogP contribution is -2.23. The van der Waals surface area contributed by atoms with Gasteiger partial charge in [0.15, 0.2) is 10.8 Å². The van der Waals surface area contributed by atoms with E-state index in [4.69, 9.17) is 0 Å². The minimum Gasteiger partial charge on any atom is -0.325 e. The summed E-state index contributed by atoms with van der Waals surface area (Å²) in [6.45, 7) is 10.1. The predicted octanol–water partition coefficient (Wildman–Crippen LogP) is 5.24. The third-order valence-electron chi connectivity index (χ3n) is 5.18. The van der Waals surface area contributed by atoms with Crippen LogP contribution in [0.4, 0.5) is 5.69 Å². The lowest BCUT2D eigenvalue weighted by atomic mass is 10.1. The number of fused-ring (bicyclic) bond motifs is 3. The molecule has 0 aliphatic rings. The molecular formula is C23H24N4OS. The molecule has 148 valence electrons. The largest absolute Gasteiger partial charge is 0.325 e. The average molecular weight is 405 g/mol. The molecule has 0 spiro atoms. The number of carbonyl (C=O) groups excluding carboxylic acids is 1. The molecule has 29 heavy (non-hydrogen) atoms. The van der Waals surface area contributed by atoms with Crippen molar-refractivity contribution in [1.82, 2.24) is 14.6 Å². The molecule has 0 saturated carbocycles. The summed E-state index contributed by atoms with van der Waals surface area (Å²) in [6.07, 6.45) is 0. The van der Waals surface area contributed by atoms with Crippen molar-refractivity contribution >= 4 is 39.9 Å². The molecule has 1 amide bonds. The van der Waals surface area contributed by atoms with E-state index < -0.39 is 0 Å². The molecular weight excluding hydrogens is 380 g/mol. The zero-order chi connectivity index (χ0) is 20.7. The third kappa shape index (κ3) is 3.60. The Kier molecular flexibility index (Phi) is 5.04. The van der Waals surface area contributed by atoms with Gasteiger partial charge < -0.3 is 5.32 Å². The SMILES string of the molecule is Cc1ccc(NC(=O)C(C)Sc2nnc3cc(C)c4cccc(C)c4n23)c(C)c1. The van der Waals surface area contributed by atoms with Crippen molar-refractivity contribution < 1.29 is 4.79 Å². The smallest absolute Gasteiger partial charge is 0.237 e. The Morgan fingerprint density at radius 3 is 2.55 bits per heavy atom. The van der Waals surface area contributed by atoms with E-state index >= 15 is 0 Å². The van der Waals surface area contributed by atoms with Crippen LogP contribution in [0.1, 0.15) is 29.2 Å². The lowest BCUT2D eigenvalue weighted by molar-refractivity contribution is -0.115. The van der Waals surface area contributed by atoms with Crippen LogP contribution in [-0.4, -0.2) is 25.8 Å². The standard InChI is InChI=1S/C23H24N4OS/c1-13-9-10-19(16(4)11-13)24-22(28)17(5)29-23-26-25-20-12-15(3)18-8-6-7-14(2)21(18)27(20)23/h6-12,17H,1-5H3,(H,24,28). The van der Waals surface area contributed by atoms with Gasteiger partial charge in [0, 0.05) is 11.1 Å². The van der Waals surface area contributed by atoms with Gasteiger partial charge in [-0.3, -0.25) is 9.20 Å². The van der Waals surface area contributed by atoms with Crippen LogP contribution < -0.4 is 5.32 Å². The molecule has 6 heteroatoms. The van der Waals surface area contributed by atoms with Crippen LogP contribution >= 0.6 is 11.8 Å². The predicted molar refractivity (Wildman–Crippen MR) is 120 cm³/mol. The highest BCUT2D eigenvalue weighted by Gasteiger charge is 2.20. The summed E-state index contributed by atoms with van der Waals surface area (Å²) < 4.78 is 2.06. The highest BCUT2D eigenvalue weighted by atomic mass is 32.2. The maximum absolute atomic E-state index is 12.8. The Hall–Kier alpha value is -2.86. The first-order chi connectivity index (χ1) is 13.8. The molecule has 1 atom stereocenters. The van der Waals surface area contributed by atoms with Crippen LogP contribution in [0, 0.1) is 27.7 Å². The maximum Gasteiger partial charge on any atom is 0.237 e. The van der Waals surface area contributed by atoms with Gasteiger partial charge in [-0.05, 0) is 63.4 Å². The van der Waals surface area contributed by atoms with Crippen LogP contribution in [0.3, 0.4) is 0 Å². The van der Waals surface area contributed by atoms with Crippen LogP contribution in [0.25, 0.3) is 16.6 Å². The molecule has 1 unspecified atom stereocenters. The minimum atomic E-state index is -0.316. The number of benzene rings is 2. The number of nitrogens with one attached hydrogen (secondary N) is 1. The van der Waals surface area contributed by atoms with Crippen molar-refractivity contribution in [3.05, 3.63) is 64.7 Å². The Bertz CT molecular complexity index is 1240. The monoisotopic (exact) mass is 404 g/mol. The number of aryl methyl sites for hydroxylation is 4. The van der Waals surface area contributed by atoms with Gasteiger partial charge in [-0.1, -0.05) is 47.7 Å². The number of carbonyl (C=O) groups is 1. The fraction of sp³-hybridized carbons (Fsp3) is 0.261. The Morgan fingerprint density at radius 1 is 1.00 bits per heavy atom. The van der Waals surface area contributed by atoms with Crippen LogP contribution in [0.2, 0.25) is 0 Å². The van der Waals surface area contributed by atoms with Gasteiger partial charge in [0.2, 0.25) is 5.91 Å². The fourth-order valence-corrected chi connectivity index (χ4v) is 4.47. The molecule has 0 bridgehead atoms. The number of hydrogen-bond donors (Lipinski definition) is 1. The Balaban J connectivity index is 1.66. The molecule has 2 heterocycles. The quantitative estimate of drug-likeness (QED) is 0.473. The maximum atomic E-state index is 12.8. The van der Waals surface area contributed by atoms with Crippen molar-refractivity contribution in [1.29, 1.82) is 0 Å². The van der Waals surface area contributed by atoms with Crippen molar-refractivity contribution in [2.45, 2.75) is 45.0 Å². The summed E-state index contributed by atoms with van der Waals surface area (Å²) in [5.74, 6) is -0.0492. The first kappa shape index (κ1) is 19.5. The van der Waals surface area contributed by atoms with Gasteiger partial charge in [0.25, 0.3) is 0 Å². The van der Waals surface area contributed by atoms with Gasteiger partial charge in [-0.15, -0.1) is 10.2 Å². The number of nitrogens with zero attached hydrogens (tertiary/aromatic N) is 3. The van der Waals surface area contributed by atoms with Gasteiger partial charge >= 0.3 is 0 Å². The van der Waals surface area contributed by atoms with E-state index in [-0.39, 0.29) is 11.2 Å². The Labute approximate surface area is 174 Å². The third-order valence-corrected chi connectivity index (χ3v) is 6.22. The molecule has 0 fully saturated rings. The van der Waals surface area contributed by atoms with E-state index in [1.807, 2.05) is 39.0 Å². The van der Waals surface area contributed by atoms with Gasteiger partial charge in [-0.25, -0.2) is 0 Å². The molecule has 0 radical (unpaired) electrons. The number of hydrogen-bond acceptors (Lipinski definition) is 4. The zero-order valence-electron chi connectivity index (χ0n) is 17.3. The second-order valence-electron chi connectivity index (χ2n) is 7.54. The topological polar surface area (TPSA) is 59.3 Å². The molecule has 2 aromatic heterocycles. The average Bonchev–Trinajstić information content (AvgIpc) is 3.06. The fourth-order valence-electron chi connectivity index (χ4n) is 3.61. The summed E-state index contributed by atoms with van der Waals surface area (Å²) in [5, 5.41) is 13.4. The number of anilines is 1. The normalized spacial score (nSPS) is 12.4. The Morgan fingerprint density at radius 2 is 1.79 bits per heavy atom. The summed E-state index contributed by atoms with van der Waals surface area (Å²) in [6, 6.07) is 14.3. The van der Waals surface area contributed by atoms with E-state index in [1.54, 1.807) is 0 Å². The van der Waals surface area contributed by atoms with Gasteiger partial charge in [0.1, 0.15) is 0 Å². The van der Waals surface area contributed by atoms with E-state index in [2.05, 4.69) is 58.0 Å². The molecule has 0 aliphatic carbocycles. The lowest BCUT2D eigenvalue weighted by Gasteiger charge is -2.14.